The third kappa shape index (κ3) is 3.05. The summed E-state index contributed by atoms with van der Waals surface area (Å²) >= 11 is 0. The van der Waals surface area contributed by atoms with Gasteiger partial charge in [-0.2, -0.15) is 4.68 Å². The Morgan fingerprint density at radius 1 is 1.38 bits per heavy atom. The summed E-state index contributed by atoms with van der Waals surface area (Å²) in [5, 5.41) is 17.8. The van der Waals surface area contributed by atoms with Gasteiger partial charge >= 0.3 is 5.82 Å². The zero-order valence-corrected chi connectivity index (χ0v) is 11.8. The number of carbonyl (C=O) groups is 1. The molecule has 3 rings (SSSR count). The Labute approximate surface area is 122 Å². The second-order valence-corrected chi connectivity index (χ2v) is 5.77. The third-order valence-corrected chi connectivity index (χ3v) is 4.48. The second-order valence-electron chi connectivity index (χ2n) is 5.77. The van der Waals surface area contributed by atoms with Gasteiger partial charge in [0.1, 0.15) is 6.54 Å². The van der Waals surface area contributed by atoms with Crippen LogP contribution in [0.15, 0.2) is 12.3 Å². The largest absolute Gasteiger partial charge is 0.389 e. The summed E-state index contributed by atoms with van der Waals surface area (Å²) in [5.74, 6) is 1.11. The first-order chi connectivity index (χ1) is 10.1. The number of nitro groups is 1. The third-order valence-electron chi connectivity index (χ3n) is 4.48. The van der Waals surface area contributed by atoms with Crippen molar-refractivity contribution < 1.29 is 9.72 Å². The summed E-state index contributed by atoms with van der Waals surface area (Å²) < 4.78 is 1.34. The van der Waals surface area contributed by atoms with Crippen molar-refractivity contribution in [3.63, 3.8) is 0 Å². The van der Waals surface area contributed by atoms with Crippen LogP contribution in [0.25, 0.3) is 0 Å². The fourth-order valence-corrected chi connectivity index (χ4v) is 3.24. The van der Waals surface area contributed by atoms with E-state index in [1.165, 1.54) is 16.9 Å². The number of carbonyl (C=O) groups excluding carboxylic acids is 1. The summed E-state index contributed by atoms with van der Waals surface area (Å²) in [6.07, 6.45) is 3.54. The Balaban J connectivity index is 1.58. The lowest BCUT2D eigenvalue weighted by Gasteiger charge is -2.20. The molecule has 0 aliphatic carbocycles. The highest BCUT2D eigenvalue weighted by atomic mass is 16.6. The molecule has 2 fully saturated rings. The molecular formula is C13H19N5O3. The van der Waals surface area contributed by atoms with E-state index >= 15 is 0 Å². The average Bonchev–Trinajstić information content (AvgIpc) is 3.05. The van der Waals surface area contributed by atoms with E-state index in [1.807, 2.05) is 4.90 Å². The number of hydrogen-bond donors (Lipinski definition) is 1. The van der Waals surface area contributed by atoms with Gasteiger partial charge in [0.05, 0.1) is 17.4 Å². The van der Waals surface area contributed by atoms with Crippen molar-refractivity contribution >= 4 is 11.7 Å². The Hall–Kier alpha value is -1.96. The topological polar surface area (TPSA) is 93.3 Å². The molecule has 0 spiro atoms. The molecule has 2 aliphatic rings. The quantitative estimate of drug-likeness (QED) is 0.637. The zero-order valence-electron chi connectivity index (χ0n) is 11.8. The molecule has 0 aromatic carbocycles. The number of aromatic nitrogens is 2. The maximum Gasteiger partial charge on any atom is 0.389 e. The maximum absolute atomic E-state index is 12.3. The zero-order chi connectivity index (χ0) is 14.8. The van der Waals surface area contributed by atoms with Crippen LogP contribution < -0.4 is 5.32 Å². The Bertz CT molecular complexity index is 530. The van der Waals surface area contributed by atoms with Crippen molar-refractivity contribution in [1.82, 2.24) is 20.0 Å². The van der Waals surface area contributed by atoms with E-state index in [2.05, 4.69) is 10.4 Å². The number of fused-ring (bicyclic) bond motifs is 1. The Morgan fingerprint density at radius 2 is 2.05 bits per heavy atom. The highest BCUT2D eigenvalue weighted by Crippen LogP contribution is 2.27. The lowest BCUT2D eigenvalue weighted by atomic mass is 9.92. The predicted octanol–water partition coefficient (Wildman–Crippen LogP) is 0.249. The smallest absolute Gasteiger partial charge is 0.358 e. The van der Waals surface area contributed by atoms with Gasteiger partial charge in [0.2, 0.25) is 5.91 Å². The fourth-order valence-electron chi connectivity index (χ4n) is 3.24. The summed E-state index contributed by atoms with van der Waals surface area (Å²) in [6, 6.07) is 1.31. The molecule has 0 saturated carbocycles. The number of likely N-dealkylation sites (tertiary alicyclic amines) is 1. The number of amides is 1. The molecule has 3 heterocycles. The lowest BCUT2D eigenvalue weighted by molar-refractivity contribution is -0.389. The van der Waals surface area contributed by atoms with Crippen molar-refractivity contribution in [3.05, 3.63) is 22.4 Å². The molecule has 1 N–H and O–H groups in total. The van der Waals surface area contributed by atoms with E-state index in [1.54, 1.807) is 0 Å². The minimum absolute atomic E-state index is 0.0130. The van der Waals surface area contributed by atoms with E-state index in [0.717, 1.165) is 39.0 Å². The monoisotopic (exact) mass is 293 g/mol. The van der Waals surface area contributed by atoms with Crippen LogP contribution in [0.4, 0.5) is 5.82 Å². The van der Waals surface area contributed by atoms with Gasteiger partial charge < -0.3 is 20.3 Å². The molecule has 2 saturated heterocycles. The predicted molar refractivity (Wildman–Crippen MR) is 74.5 cm³/mol. The molecule has 8 nitrogen and oxygen atoms in total. The van der Waals surface area contributed by atoms with Crippen molar-refractivity contribution in [2.24, 2.45) is 11.8 Å². The van der Waals surface area contributed by atoms with Crippen molar-refractivity contribution in [2.75, 3.05) is 26.2 Å². The standard InChI is InChI=1S/C13H19N5O3/c19-13(9-17-6-3-12(15-17)18(20)21)16-4-1-10-7-14-8-11(10)2-5-16/h3,6,10-11,14H,1-2,4-5,7-9H2/t10-,11+. The van der Waals surface area contributed by atoms with Crippen molar-refractivity contribution in [3.8, 4) is 0 Å². The summed E-state index contributed by atoms with van der Waals surface area (Å²) in [7, 11) is 0. The van der Waals surface area contributed by atoms with Crippen molar-refractivity contribution in [2.45, 2.75) is 19.4 Å². The highest BCUT2D eigenvalue weighted by Gasteiger charge is 2.31. The fraction of sp³-hybridized carbons (Fsp3) is 0.692. The molecule has 1 aromatic rings. The molecule has 0 unspecified atom stereocenters. The molecule has 8 heteroatoms. The van der Waals surface area contributed by atoms with Gasteiger partial charge in [0, 0.05) is 13.1 Å². The number of rotatable bonds is 3. The lowest BCUT2D eigenvalue weighted by Crippen LogP contribution is -2.35. The summed E-state index contributed by atoms with van der Waals surface area (Å²) in [6.45, 7) is 3.72. The molecule has 1 aromatic heterocycles. The first kappa shape index (κ1) is 14.0. The highest BCUT2D eigenvalue weighted by molar-refractivity contribution is 5.75. The van der Waals surface area contributed by atoms with Crippen LogP contribution >= 0.6 is 0 Å². The van der Waals surface area contributed by atoms with Crippen LogP contribution in [0.1, 0.15) is 12.8 Å². The summed E-state index contributed by atoms with van der Waals surface area (Å²) in [4.78, 5) is 24.2. The van der Waals surface area contributed by atoms with Gasteiger partial charge in [-0.25, -0.2) is 0 Å². The molecule has 0 bridgehead atoms. The first-order valence-electron chi connectivity index (χ1n) is 7.30. The molecular weight excluding hydrogens is 274 g/mol. The molecule has 2 aliphatic heterocycles. The van der Waals surface area contributed by atoms with Gasteiger partial charge in [-0.05, 0) is 42.7 Å². The van der Waals surface area contributed by atoms with Crippen LogP contribution in [-0.2, 0) is 11.3 Å². The van der Waals surface area contributed by atoms with Gasteiger partial charge in [-0.3, -0.25) is 4.79 Å². The molecule has 2 atom stereocenters. The van der Waals surface area contributed by atoms with Gasteiger partial charge in [0.25, 0.3) is 0 Å². The number of nitrogens with zero attached hydrogens (tertiary/aromatic N) is 4. The minimum Gasteiger partial charge on any atom is -0.358 e. The maximum atomic E-state index is 12.3. The van der Waals surface area contributed by atoms with E-state index in [4.69, 9.17) is 0 Å². The Kier molecular flexibility index (Phi) is 3.87. The van der Waals surface area contributed by atoms with Crippen LogP contribution in [0.5, 0.6) is 0 Å². The molecule has 1 amide bonds. The van der Waals surface area contributed by atoms with Crippen molar-refractivity contribution in [1.29, 1.82) is 0 Å². The van der Waals surface area contributed by atoms with E-state index in [9.17, 15) is 14.9 Å². The molecule has 0 radical (unpaired) electrons. The SMILES string of the molecule is O=C(Cn1ccc([N+](=O)[O-])n1)N1CC[C@@H]2CNC[C@@H]2CC1. The van der Waals surface area contributed by atoms with E-state index in [0.29, 0.717) is 11.8 Å². The van der Waals surface area contributed by atoms with Crippen LogP contribution in [0.3, 0.4) is 0 Å². The van der Waals surface area contributed by atoms with E-state index < -0.39 is 4.92 Å². The number of hydrogen-bond acceptors (Lipinski definition) is 5. The molecule has 114 valence electrons. The van der Waals surface area contributed by atoms with Gasteiger partial charge in [0.15, 0.2) is 0 Å². The average molecular weight is 293 g/mol. The van der Waals surface area contributed by atoms with Gasteiger partial charge in [-0.15, -0.1) is 0 Å². The normalized spacial score (nSPS) is 25.4. The van der Waals surface area contributed by atoms with Crippen LogP contribution in [0, 0.1) is 22.0 Å². The second kappa shape index (κ2) is 5.80. The van der Waals surface area contributed by atoms with Crippen LogP contribution in [0.2, 0.25) is 0 Å². The first-order valence-corrected chi connectivity index (χ1v) is 7.30. The van der Waals surface area contributed by atoms with E-state index in [-0.39, 0.29) is 18.3 Å². The minimum atomic E-state index is -0.554. The number of nitrogens with one attached hydrogen (secondary N) is 1. The molecule has 21 heavy (non-hydrogen) atoms. The van der Waals surface area contributed by atoms with Crippen LogP contribution in [-0.4, -0.2) is 51.7 Å². The summed E-state index contributed by atoms with van der Waals surface area (Å²) in [5.41, 5.74) is 0. The van der Waals surface area contributed by atoms with Gasteiger partial charge in [-0.1, -0.05) is 0 Å². The Morgan fingerprint density at radius 3 is 2.62 bits per heavy atom.